The van der Waals surface area contributed by atoms with E-state index in [9.17, 15) is 14.4 Å². The number of furan rings is 1. The highest BCUT2D eigenvalue weighted by molar-refractivity contribution is 6.00. The van der Waals surface area contributed by atoms with E-state index in [4.69, 9.17) is 13.9 Å². The van der Waals surface area contributed by atoms with Crippen LogP contribution in [0.1, 0.15) is 33.8 Å². The van der Waals surface area contributed by atoms with Gasteiger partial charge >= 0.3 is 5.97 Å². The van der Waals surface area contributed by atoms with Gasteiger partial charge in [-0.1, -0.05) is 0 Å². The summed E-state index contributed by atoms with van der Waals surface area (Å²) in [6.45, 7) is 0. The minimum atomic E-state index is -0.859. The van der Waals surface area contributed by atoms with E-state index in [1.807, 2.05) is 0 Å². The second kappa shape index (κ2) is 8.10. The molecule has 2 aromatic rings. The highest BCUT2D eigenvalue weighted by atomic mass is 16.5. The first kappa shape index (κ1) is 17.5. The molecule has 1 atom stereocenters. The van der Waals surface area contributed by atoms with Gasteiger partial charge in [-0.2, -0.15) is 0 Å². The molecule has 0 spiro atoms. The summed E-state index contributed by atoms with van der Waals surface area (Å²) >= 11 is 0. The Morgan fingerprint density at radius 3 is 2.21 bits per heavy atom. The molecule has 0 aliphatic rings. The van der Waals surface area contributed by atoms with Gasteiger partial charge in [0, 0.05) is 18.4 Å². The Labute approximate surface area is 139 Å². The van der Waals surface area contributed by atoms with Gasteiger partial charge in [-0.3, -0.25) is 14.4 Å². The maximum Gasteiger partial charge on any atom is 0.309 e. The number of ether oxygens (including phenoxy) is 2. The van der Waals surface area contributed by atoms with Gasteiger partial charge in [-0.15, -0.1) is 0 Å². The molecule has 6 nitrogen and oxygen atoms in total. The van der Waals surface area contributed by atoms with Crippen LogP contribution in [0.2, 0.25) is 0 Å². The topological polar surface area (TPSA) is 82.8 Å². The molecular weight excluding hydrogens is 312 g/mol. The third-order valence-electron chi connectivity index (χ3n) is 3.61. The summed E-state index contributed by atoms with van der Waals surface area (Å²) in [5.41, 5.74) is 0.440. The Morgan fingerprint density at radius 1 is 1.00 bits per heavy atom. The molecule has 1 aromatic heterocycles. The number of esters is 1. The van der Waals surface area contributed by atoms with Crippen molar-refractivity contribution in [1.29, 1.82) is 0 Å². The molecule has 0 fully saturated rings. The van der Waals surface area contributed by atoms with Crippen LogP contribution in [0.15, 0.2) is 47.1 Å². The van der Waals surface area contributed by atoms with Crippen molar-refractivity contribution in [2.45, 2.75) is 12.8 Å². The van der Waals surface area contributed by atoms with E-state index < -0.39 is 11.9 Å². The SMILES string of the molecule is COC(=O)C(CC(=O)c1ccc(OC)cc1)CC(=O)c1ccco1. The van der Waals surface area contributed by atoms with Crippen LogP contribution in [0.4, 0.5) is 0 Å². The van der Waals surface area contributed by atoms with Crippen molar-refractivity contribution < 1.29 is 28.3 Å². The zero-order chi connectivity index (χ0) is 17.5. The Morgan fingerprint density at radius 2 is 1.67 bits per heavy atom. The molecule has 0 saturated carbocycles. The average Bonchev–Trinajstić information content (AvgIpc) is 3.15. The lowest BCUT2D eigenvalue weighted by atomic mass is 9.93. The summed E-state index contributed by atoms with van der Waals surface area (Å²) in [4.78, 5) is 36.4. The number of hydrogen-bond donors (Lipinski definition) is 0. The van der Waals surface area contributed by atoms with Crippen LogP contribution in [-0.2, 0) is 9.53 Å². The molecule has 0 amide bonds. The number of rotatable bonds is 8. The van der Waals surface area contributed by atoms with Gasteiger partial charge < -0.3 is 13.9 Å². The number of carbonyl (C=O) groups is 3. The van der Waals surface area contributed by atoms with E-state index in [0.29, 0.717) is 11.3 Å². The first-order valence-electron chi connectivity index (χ1n) is 7.37. The van der Waals surface area contributed by atoms with E-state index in [2.05, 4.69) is 0 Å². The van der Waals surface area contributed by atoms with E-state index in [-0.39, 0.29) is 30.2 Å². The van der Waals surface area contributed by atoms with Crippen molar-refractivity contribution in [3.63, 3.8) is 0 Å². The second-order valence-corrected chi connectivity index (χ2v) is 5.18. The number of Topliss-reactive ketones (excluding diaryl/α,β-unsaturated/α-hetero) is 2. The maximum absolute atomic E-state index is 12.4. The fourth-order valence-corrected chi connectivity index (χ4v) is 2.29. The van der Waals surface area contributed by atoms with Gasteiger partial charge in [0.15, 0.2) is 17.3 Å². The number of benzene rings is 1. The summed E-state index contributed by atoms with van der Waals surface area (Å²) < 4.78 is 14.8. The predicted octanol–water partition coefficient (Wildman–Crippen LogP) is 2.92. The molecule has 2 rings (SSSR count). The molecule has 24 heavy (non-hydrogen) atoms. The highest BCUT2D eigenvalue weighted by Crippen LogP contribution is 2.20. The highest BCUT2D eigenvalue weighted by Gasteiger charge is 2.27. The van der Waals surface area contributed by atoms with Gasteiger partial charge in [0.1, 0.15) is 5.75 Å². The van der Waals surface area contributed by atoms with Gasteiger partial charge in [0.2, 0.25) is 0 Å². The number of hydrogen-bond acceptors (Lipinski definition) is 6. The summed E-state index contributed by atoms with van der Waals surface area (Å²) in [5.74, 6) is -1.28. The molecule has 1 heterocycles. The van der Waals surface area contributed by atoms with Crippen molar-refractivity contribution in [1.82, 2.24) is 0 Å². The predicted molar refractivity (Wildman–Crippen MR) is 85.1 cm³/mol. The molecule has 0 radical (unpaired) electrons. The van der Waals surface area contributed by atoms with Crippen LogP contribution in [0.3, 0.4) is 0 Å². The molecule has 0 aliphatic heterocycles. The first-order valence-corrected chi connectivity index (χ1v) is 7.37. The van der Waals surface area contributed by atoms with Crippen molar-refractivity contribution in [3.05, 3.63) is 54.0 Å². The Kier molecular flexibility index (Phi) is 5.89. The molecule has 0 aliphatic carbocycles. The van der Waals surface area contributed by atoms with Crippen molar-refractivity contribution in [2.75, 3.05) is 14.2 Å². The van der Waals surface area contributed by atoms with Gasteiger partial charge in [-0.05, 0) is 36.4 Å². The first-order chi connectivity index (χ1) is 11.5. The Balaban J connectivity index is 2.08. The smallest absolute Gasteiger partial charge is 0.309 e. The molecule has 1 aromatic carbocycles. The summed E-state index contributed by atoms with van der Waals surface area (Å²) in [7, 11) is 2.76. The lowest BCUT2D eigenvalue weighted by Gasteiger charge is -2.13. The van der Waals surface area contributed by atoms with E-state index >= 15 is 0 Å². The molecule has 6 heteroatoms. The molecule has 0 bridgehead atoms. The van der Waals surface area contributed by atoms with Crippen molar-refractivity contribution in [2.24, 2.45) is 5.92 Å². The quantitative estimate of drug-likeness (QED) is 0.547. The summed E-state index contributed by atoms with van der Waals surface area (Å²) in [5, 5.41) is 0. The number of methoxy groups -OCH3 is 2. The van der Waals surface area contributed by atoms with Gasteiger partial charge in [-0.25, -0.2) is 0 Å². The van der Waals surface area contributed by atoms with Crippen molar-refractivity contribution in [3.8, 4) is 5.75 Å². The van der Waals surface area contributed by atoms with Crippen LogP contribution < -0.4 is 4.74 Å². The summed E-state index contributed by atoms with van der Waals surface area (Å²) in [6, 6.07) is 9.65. The lowest BCUT2D eigenvalue weighted by molar-refractivity contribution is -0.145. The zero-order valence-corrected chi connectivity index (χ0v) is 13.5. The Bertz CT molecular complexity index is 700. The molecule has 126 valence electrons. The second-order valence-electron chi connectivity index (χ2n) is 5.18. The summed E-state index contributed by atoms with van der Waals surface area (Å²) in [6.07, 6.45) is 1.11. The van der Waals surface area contributed by atoms with E-state index in [0.717, 1.165) is 0 Å². The number of carbonyl (C=O) groups excluding carboxylic acids is 3. The standard InChI is InChI=1S/C18H18O6/c1-22-14-7-5-12(6-8-14)15(19)10-13(18(21)23-2)11-16(20)17-4-3-9-24-17/h3-9,13H,10-11H2,1-2H3. The van der Waals surface area contributed by atoms with Crippen LogP contribution in [0.5, 0.6) is 5.75 Å². The monoisotopic (exact) mass is 330 g/mol. The van der Waals surface area contributed by atoms with Crippen LogP contribution in [0, 0.1) is 5.92 Å². The van der Waals surface area contributed by atoms with Crippen LogP contribution >= 0.6 is 0 Å². The minimum absolute atomic E-state index is 0.120. The largest absolute Gasteiger partial charge is 0.497 e. The Hall–Kier alpha value is -2.89. The van der Waals surface area contributed by atoms with Gasteiger partial charge in [0.05, 0.1) is 26.4 Å². The molecular formula is C18H18O6. The number of ketones is 2. The molecule has 1 unspecified atom stereocenters. The fraction of sp³-hybridized carbons (Fsp3) is 0.278. The zero-order valence-electron chi connectivity index (χ0n) is 13.5. The molecule has 0 N–H and O–H groups in total. The molecule has 0 saturated heterocycles. The van der Waals surface area contributed by atoms with E-state index in [1.54, 1.807) is 30.3 Å². The fourth-order valence-electron chi connectivity index (χ4n) is 2.29. The van der Waals surface area contributed by atoms with Gasteiger partial charge in [0.25, 0.3) is 0 Å². The van der Waals surface area contributed by atoms with Crippen LogP contribution in [0.25, 0.3) is 0 Å². The third kappa shape index (κ3) is 4.32. The average molecular weight is 330 g/mol. The normalized spacial score (nSPS) is 11.6. The minimum Gasteiger partial charge on any atom is -0.497 e. The maximum atomic E-state index is 12.4. The third-order valence-corrected chi connectivity index (χ3v) is 3.61. The van der Waals surface area contributed by atoms with E-state index in [1.165, 1.54) is 26.5 Å². The van der Waals surface area contributed by atoms with Crippen molar-refractivity contribution >= 4 is 17.5 Å². The lowest BCUT2D eigenvalue weighted by Crippen LogP contribution is -2.23. The van der Waals surface area contributed by atoms with Crippen LogP contribution in [-0.4, -0.2) is 31.8 Å².